The van der Waals surface area contributed by atoms with Crippen molar-refractivity contribution in [2.24, 2.45) is 5.92 Å². The van der Waals surface area contributed by atoms with Crippen LogP contribution >= 0.6 is 0 Å². The van der Waals surface area contributed by atoms with Crippen molar-refractivity contribution in [1.82, 2.24) is 31.1 Å². The molecule has 0 spiro atoms. The monoisotopic (exact) mass is 496 g/mol. The Bertz CT molecular complexity index is 617. The first kappa shape index (κ1) is 26.5. The molecular formula is C22H40F4N6O2. The number of piperazine rings is 1. The van der Waals surface area contributed by atoms with E-state index < -0.39 is 31.6 Å². The minimum atomic E-state index is -4.40. The molecule has 4 fully saturated rings. The number of nitrogens with zero attached hydrogens (tertiary/aromatic N) is 2. The van der Waals surface area contributed by atoms with Crippen LogP contribution in [0.2, 0.25) is 0 Å². The SMILES string of the molecule is CC1CCC(CNC2NC(OCC(F)(F)F)NC(N3CCN(CC4CCC(F)CC4)CC3)N2)O1. The summed E-state index contributed by atoms with van der Waals surface area (Å²) in [4.78, 5) is 4.62. The van der Waals surface area contributed by atoms with Crippen LogP contribution in [0.5, 0.6) is 0 Å². The minimum Gasteiger partial charge on any atom is -0.374 e. The second-order valence-electron chi connectivity index (χ2n) is 10.2. The highest BCUT2D eigenvalue weighted by Crippen LogP contribution is 2.27. The quantitative estimate of drug-likeness (QED) is 0.377. The molecule has 12 heteroatoms. The molecule has 4 N–H and O–H groups in total. The fraction of sp³-hybridized carbons (Fsp3) is 1.00. The summed E-state index contributed by atoms with van der Waals surface area (Å²) in [5.41, 5.74) is 0. The second kappa shape index (κ2) is 12.1. The summed E-state index contributed by atoms with van der Waals surface area (Å²) < 4.78 is 62.6. The normalized spacial score (nSPS) is 38.9. The molecule has 3 aliphatic heterocycles. The van der Waals surface area contributed by atoms with Crippen molar-refractivity contribution < 1.29 is 27.0 Å². The number of hydrogen-bond acceptors (Lipinski definition) is 8. The van der Waals surface area contributed by atoms with E-state index in [2.05, 4.69) is 31.1 Å². The van der Waals surface area contributed by atoms with Crippen LogP contribution in [0.15, 0.2) is 0 Å². The van der Waals surface area contributed by atoms with Crippen LogP contribution in [0.1, 0.15) is 45.4 Å². The summed E-state index contributed by atoms with van der Waals surface area (Å²) in [6.45, 7) is 5.64. The molecule has 8 nitrogen and oxygen atoms in total. The molecule has 1 saturated carbocycles. The Balaban J connectivity index is 1.26. The molecule has 34 heavy (non-hydrogen) atoms. The van der Waals surface area contributed by atoms with E-state index in [-0.39, 0.29) is 18.5 Å². The van der Waals surface area contributed by atoms with Gasteiger partial charge in [-0.2, -0.15) is 13.2 Å². The van der Waals surface area contributed by atoms with Gasteiger partial charge in [-0.15, -0.1) is 0 Å². The van der Waals surface area contributed by atoms with Gasteiger partial charge in [-0.1, -0.05) is 0 Å². The lowest BCUT2D eigenvalue weighted by Gasteiger charge is -2.46. The van der Waals surface area contributed by atoms with Gasteiger partial charge in [-0.05, 0) is 51.4 Å². The van der Waals surface area contributed by atoms with Crippen molar-refractivity contribution in [2.75, 3.05) is 45.9 Å². The summed E-state index contributed by atoms with van der Waals surface area (Å²) in [6, 6.07) is 0. The highest BCUT2D eigenvalue weighted by Gasteiger charge is 2.36. The Kier molecular flexibility index (Phi) is 9.41. The number of rotatable bonds is 8. The lowest BCUT2D eigenvalue weighted by atomic mass is 9.87. The number of ether oxygens (including phenoxy) is 2. The zero-order valence-electron chi connectivity index (χ0n) is 20.0. The lowest BCUT2D eigenvalue weighted by molar-refractivity contribution is -0.202. The van der Waals surface area contributed by atoms with E-state index >= 15 is 0 Å². The van der Waals surface area contributed by atoms with Gasteiger partial charge in [0.05, 0.1) is 12.2 Å². The van der Waals surface area contributed by atoms with Crippen LogP contribution in [-0.4, -0.2) is 99.2 Å². The third-order valence-corrected chi connectivity index (χ3v) is 7.30. The molecule has 0 amide bonds. The molecule has 5 atom stereocenters. The van der Waals surface area contributed by atoms with Crippen LogP contribution in [-0.2, 0) is 9.47 Å². The van der Waals surface area contributed by atoms with Gasteiger partial charge < -0.3 is 14.4 Å². The van der Waals surface area contributed by atoms with Crippen LogP contribution in [0, 0.1) is 5.92 Å². The van der Waals surface area contributed by atoms with Crippen molar-refractivity contribution in [3.8, 4) is 0 Å². The molecule has 198 valence electrons. The maximum atomic E-state index is 13.4. The van der Waals surface area contributed by atoms with Gasteiger partial charge in [-0.3, -0.25) is 26.2 Å². The molecule has 3 saturated heterocycles. The van der Waals surface area contributed by atoms with E-state index in [1.165, 1.54) is 0 Å². The van der Waals surface area contributed by atoms with Gasteiger partial charge in [0.1, 0.15) is 25.4 Å². The van der Waals surface area contributed by atoms with Crippen molar-refractivity contribution >= 4 is 0 Å². The van der Waals surface area contributed by atoms with Crippen molar-refractivity contribution in [1.29, 1.82) is 0 Å². The van der Waals surface area contributed by atoms with E-state index in [1.807, 2.05) is 6.92 Å². The predicted octanol–water partition coefficient (Wildman–Crippen LogP) is 1.50. The van der Waals surface area contributed by atoms with Gasteiger partial charge in [0.2, 0.25) is 0 Å². The number of nitrogens with one attached hydrogen (secondary N) is 4. The minimum absolute atomic E-state index is 0.0949. The van der Waals surface area contributed by atoms with Gasteiger partial charge >= 0.3 is 6.18 Å². The predicted molar refractivity (Wildman–Crippen MR) is 119 cm³/mol. The largest absolute Gasteiger partial charge is 0.411 e. The fourth-order valence-electron chi connectivity index (χ4n) is 5.36. The summed E-state index contributed by atoms with van der Waals surface area (Å²) in [7, 11) is 0. The molecule has 0 radical (unpaired) electrons. The first-order valence-electron chi connectivity index (χ1n) is 12.7. The van der Waals surface area contributed by atoms with E-state index in [4.69, 9.17) is 9.47 Å². The van der Waals surface area contributed by atoms with Crippen LogP contribution in [0.25, 0.3) is 0 Å². The molecule has 0 bridgehead atoms. The molecule has 0 aromatic carbocycles. The van der Waals surface area contributed by atoms with Crippen molar-refractivity contribution in [3.05, 3.63) is 0 Å². The van der Waals surface area contributed by atoms with Gasteiger partial charge in [0, 0.05) is 39.3 Å². The third kappa shape index (κ3) is 8.22. The maximum absolute atomic E-state index is 13.4. The van der Waals surface area contributed by atoms with Crippen molar-refractivity contribution in [2.45, 2.75) is 88.9 Å². The molecule has 4 rings (SSSR count). The first-order valence-corrected chi connectivity index (χ1v) is 12.7. The Morgan fingerprint density at radius 2 is 1.71 bits per heavy atom. The third-order valence-electron chi connectivity index (χ3n) is 7.30. The second-order valence-corrected chi connectivity index (χ2v) is 10.2. The molecule has 3 heterocycles. The Morgan fingerprint density at radius 1 is 0.971 bits per heavy atom. The Labute approximate surface area is 199 Å². The standard InChI is InChI=1S/C22H40F4N6O2/c1-15-2-7-18(34-15)12-27-19-28-20(30-21(29-19)33-14-22(24,25)26)32-10-8-31(9-11-32)13-16-3-5-17(23)6-4-16/h15-21,27-30H,2-14H2,1H3. The fourth-order valence-corrected chi connectivity index (χ4v) is 5.36. The molecule has 5 unspecified atom stereocenters. The molecule has 0 aromatic rings. The first-order chi connectivity index (χ1) is 16.2. The molecule has 1 aliphatic carbocycles. The van der Waals surface area contributed by atoms with Gasteiger partial charge in [0.25, 0.3) is 0 Å². The van der Waals surface area contributed by atoms with Crippen LogP contribution < -0.4 is 21.3 Å². The number of hydrogen-bond donors (Lipinski definition) is 4. The molecule has 4 aliphatic rings. The Morgan fingerprint density at radius 3 is 2.35 bits per heavy atom. The summed E-state index contributed by atoms with van der Waals surface area (Å²) in [5, 5.41) is 12.9. The zero-order valence-corrected chi connectivity index (χ0v) is 20.0. The van der Waals surface area contributed by atoms with Gasteiger partial charge in [0.15, 0.2) is 6.35 Å². The van der Waals surface area contributed by atoms with E-state index in [0.717, 1.165) is 58.4 Å². The highest BCUT2D eigenvalue weighted by atomic mass is 19.4. The maximum Gasteiger partial charge on any atom is 0.411 e. The number of alkyl halides is 4. The summed E-state index contributed by atoms with van der Waals surface area (Å²) in [6.07, 6.45) is -1.16. The summed E-state index contributed by atoms with van der Waals surface area (Å²) >= 11 is 0. The van der Waals surface area contributed by atoms with E-state index in [9.17, 15) is 17.6 Å². The summed E-state index contributed by atoms with van der Waals surface area (Å²) in [5.74, 6) is 0.558. The smallest absolute Gasteiger partial charge is 0.374 e. The average Bonchev–Trinajstić information content (AvgIpc) is 3.23. The average molecular weight is 497 g/mol. The Hall–Kier alpha value is -0.600. The molecular weight excluding hydrogens is 456 g/mol. The van der Waals surface area contributed by atoms with Crippen LogP contribution in [0.4, 0.5) is 17.6 Å². The topological polar surface area (TPSA) is 73.1 Å². The number of halogens is 4. The van der Waals surface area contributed by atoms with E-state index in [0.29, 0.717) is 25.3 Å². The van der Waals surface area contributed by atoms with Crippen LogP contribution in [0.3, 0.4) is 0 Å². The van der Waals surface area contributed by atoms with Gasteiger partial charge in [-0.25, -0.2) is 4.39 Å². The van der Waals surface area contributed by atoms with Crippen molar-refractivity contribution in [3.63, 3.8) is 0 Å². The zero-order chi connectivity index (χ0) is 24.1. The molecule has 0 aromatic heterocycles. The highest BCUT2D eigenvalue weighted by molar-refractivity contribution is 4.85. The lowest BCUT2D eigenvalue weighted by Crippen LogP contribution is -2.76. The van der Waals surface area contributed by atoms with E-state index in [1.54, 1.807) is 0 Å².